The normalized spacial score (nSPS) is 11.6. The summed E-state index contributed by atoms with van der Waals surface area (Å²) in [5, 5.41) is 8.09. The number of carbonyl (C=O) groups excluding carboxylic acids is 2. The third kappa shape index (κ3) is 5.69. The van der Waals surface area contributed by atoms with Crippen LogP contribution in [0.4, 0.5) is 15.8 Å². The van der Waals surface area contributed by atoms with Crippen LogP contribution in [0, 0.1) is 5.82 Å². The molecular weight excluding hydrogens is 321 g/mol. The van der Waals surface area contributed by atoms with Crippen molar-refractivity contribution >= 4 is 23.2 Å². The summed E-state index contributed by atoms with van der Waals surface area (Å²) in [6, 6.07) is 12.9. The smallest absolute Gasteiger partial charge is 0.241 e. The van der Waals surface area contributed by atoms with Gasteiger partial charge in [0.1, 0.15) is 5.82 Å². The molecule has 0 heterocycles. The SMILES string of the molecule is CCc1cccc(NC(=O)CNC(C)C(=O)Nc2ccccc2F)c1. The first kappa shape index (κ1) is 18.6. The van der Waals surface area contributed by atoms with Gasteiger partial charge in [0.2, 0.25) is 11.8 Å². The van der Waals surface area contributed by atoms with E-state index in [0.29, 0.717) is 0 Å². The highest BCUT2D eigenvalue weighted by Crippen LogP contribution is 2.13. The average Bonchev–Trinajstić information content (AvgIpc) is 2.61. The summed E-state index contributed by atoms with van der Waals surface area (Å²) >= 11 is 0. The van der Waals surface area contributed by atoms with E-state index >= 15 is 0 Å². The monoisotopic (exact) mass is 343 g/mol. The molecule has 0 aliphatic rings. The Hall–Kier alpha value is -2.73. The lowest BCUT2D eigenvalue weighted by atomic mass is 10.1. The largest absolute Gasteiger partial charge is 0.325 e. The minimum atomic E-state index is -0.646. The third-order valence-electron chi connectivity index (χ3n) is 3.71. The van der Waals surface area contributed by atoms with Crippen LogP contribution in [0.1, 0.15) is 19.4 Å². The molecule has 2 aromatic rings. The van der Waals surface area contributed by atoms with Gasteiger partial charge in [-0.25, -0.2) is 4.39 Å². The topological polar surface area (TPSA) is 70.2 Å². The van der Waals surface area contributed by atoms with E-state index in [2.05, 4.69) is 16.0 Å². The zero-order chi connectivity index (χ0) is 18.2. The number of carbonyl (C=O) groups is 2. The first-order chi connectivity index (χ1) is 12.0. The Balaban J connectivity index is 1.82. The summed E-state index contributed by atoms with van der Waals surface area (Å²) in [6.45, 7) is 3.63. The maximum atomic E-state index is 13.5. The number of para-hydroxylation sites is 1. The second-order valence-electron chi connectivity index (χ2n) is 5.67. The van der Waals surface area contributed by atoms with E-state index in [0.717, 1.165) is 17.7 Å². The Morgan fingerprint density at radius 3 is 2.56 bits per heavy atom. The Labute approximate surface area is 146 Å². The van der Waals surface area contributed by atoms with E-state index < -0.39 is 17.8 Å². The van der Waals surface area contributed by atoms with Crippen LogP contribution in [0.15, 0.2) is 48.5 Å². The molecule has 132 valence electrons. The van der Waals surface area contributed by atoms with Crippen molar-refractivity contribution in [1.29, 1.82) is 0 Å². The molecule has 0 radical (unpaired) electrons. The summed E-state index contributed by atoms with van der Waals surface area (Å²) in [4.78, 5) is 24.0. The lowest BCUT2D eigenvalue weighted by Crippen LogP contribution is -2.42. The van der Waals surface area contributed by atoms with E-state index in [4.69, 9.17) is 0 Å². The first-order valence-electron chi connectivity index (χ1n) is 8.17. The first-order valence-corrected chi connectivity index (χ1v) is 8.17. The minimum absolute atomic E-state index is 0.0256. The van der Waals surface area contributed by atoms with E-state index in [1.807, 2.05) is 31.2 Å². The van der Waals surface area contributed by atoms with Gasteiger partial charge in [-0.05, 0) is 43.2 Å². The highest BCUT2D eigenvalue weighted by molar-refractivity contribution is 5.96. The Morgan fingerprint density at radius 2 is 1.84 bits per heavy atom. The summed E-state index contributed by atoms with van der Waals surface area (Å²) < 4.78 is 13.5. The number of amides is 2. The Morgan fingerprint density at radius 1 is 1.08 bits per heavy atom. The van der Waals surface area contributed by atoms with Crippen LogP contribution in [0.25, 0.3) is 0 Å². The molecule has 5 nitrogen and oxygen atoms in total. The van der Waals surface area contributed by atoms with E-state index in [9.17, 15) is 14.0 Å². The van der Waals surface area contributed by atoms with Crippen molar-refractivity contribution in [2.75, 3.05) is 17.2 Å². The van der Waals surface area contributed by atoms with Crippen LogP contribution < -0.4 is 16.0 Å². The minimum Gasteiger partial charge on any atom is -0.325 e. The molecule has 0 aromatic heterocycles. The van der Waals surface area contributed by atoms with Gasteiger partial charge < -0.3 is 10.6 Å². The fourth-order valence-corrected chi connectivity index (χ4v) is 2.22. The molecule has 6 heteroatoms. The van der Waals surface area contributed by atoms with Crippen LogP contribution in [-0.2, 0) is 16.0 Å². The van der Waals surface area contributed by atoms with Crippen LogP contribution in [0.2, 0.25) is 0 Å². The molecule has 3 N–H and O–H groups in total. The van der Waals surface area contributed by atoms with E-state index in [1.165, 1.54) is 12.1 Å². The number of aryl methyl sites for hydroxylation is 1. The zero-order valence-electron chi connectivity index (χ0n) is 14.3. The molecule has 2 rings (SSSR count). The number of rotatable bonds is 7. The maximum Gasteiger partial charge on any atom is 0.241 e. The van der Waals surface area contributed by atoms with E-state index in [-0.39, 0.29) is 18.1 Å². The van der Waals surface area contributed by atoms with Gasteiger partial charge in [-0.1, -0.05) is 31.2 Å². The Kier molecular flexibility index (Phi) is 6.65. The number of nitrogens with one attached hydrogen (secondary N) is 3. The van der Waals surface area contributed by atoms with Gasteiger partial charge in [0.25, 0.3) is 0 Å². The molecule has 0 saturated heterocycles. The number of hydrogen-bond donors (Lipinski definition) is 3. The lowest BCUT2D eigenvalue weighted by molar-refractivity contribution is -0.118. The van der Waals surface area contributed by atoms with Crippen LogP contribution in [-0.4, -0.2) is 24.4 Å². The molecule has 1 atom stereocenters. The van der Waals surface area contributed by atoms with Crippen molar-refractivity contribution in [2.24, 2.45) is 0 Å². The van der Waals surface area contributed by atoms with E-state index in [1.54, 1.807) is 19.1 Å². The average molecular weight is 343 g/mol. The van der Waals surface area contributed by atoms with Crippen LogP contribution in [0.3, 0.4) is 0 Å². The number of benzene rings is 2. The second-order valence-corrected chi connectivity index (χ2v) is 5.67. The van der Waals surface area contributed by atoms with Crippen LogP contribution >= 0.6 is 0 Å². The second kappa shape index (κ2) is 8.94. The molecule has 0 fully saturated rings. The highest BCUT2D eigenvalue weighted by Gasteiger charge is 2.15. The molecule has 2 amide bonds. The maximum absolute atomic E-state index is 13.5. The summed E-state index contributed by atoms with van der Waals surface area (Å²) in [5.74, 6) is -1.17. The summed E-state index contributed by atoms with van der Waals surface area (Å²) in [5.41, 5.74) is 1.96. The molecule has 0 aliphatic heterocycles. The fraction of sp³-hybridized carbons (Fsp3) is 0.263. The van der Waals surface area contributed by atoms with Crippen molar-refractivity contribution in [3.8, 4) is 0 Å². The number of halogens is 1. The zero-order valence-corrected chi connectivity index (χ0v) is 14.3. The molecular formula is C19H22FN3O2. The lowest BCUT2D eigenvalue weighted by Gasteiger charge is -2.14. The third-order valence-corrected chi connectivity index (χ3v) is 3.71. The van der Waals surface area contributed by atoms with Gasteiger partial charge in [-0.15, -0.1) is 0 Å². The highest BCUT2D eigenvalue weighted by atomic mass is 19.1. The van der Waals surface area contributed by atoms with Gasteiger partial charge >= 0.3 is 0 Å². The molecule has 0 bridgehead atoms. The summed E-state index contributed by atoms with van der Waals surface area (Å²) in [7, 11) is 0. The molecule has 0 aliphatic carbocycles. The predicted octanol–water partition coefficient (Wildman–Crippen LogP) is 2.94. The van der Waals surface area contributed by atoms with Gasteiger partial charge in [0.15, 0.2) is 0 Å². The number of anilines is 2. The summed E-state index contributed by atoms with van der Waals surface area (Å²) in [6.07, 6.45) is 0.884. The van der Waals surface area contributed by atoms with Gasteiger partial charge in [0, 0.05) is 5.69 Å². The fourth-order valence-electron chi connectivity index (χ4n) is 2.22. The molecule has 25 heavy (non-hydrogen) atoms. The van der Waals surface area contributed by atoms with Gasteiger partial charge in [-0.2, -0.15) is 0 Å². The van der Waals surface area contributed by atoms with Crippen molar-refractivity contribution in [3.05, 3.63) is 59.9 Å². The molecule has 0 spiro atoms. The number of hydrogen-bond acceptors (Lipinski definition) is 3. The quantitative estimate of drug-likeness (QED) is 0.724. The molecule has 1 unspecified atom stereocenters. The van der Waals surface area contributed by atoms with Crippen molar-refractivity contribution in [2.45, 2.75) is 26.3 Å². The van der Waals surface area contributed by atoms with Crippen LogP contribution in [0.5, 0.6) is 0 Å². The van der Waals surface area contributed by atoms with Crippen molar-refractivity contribution in [3.63, 3.8) is 0 Å². The molecule has 0 saturated carbocycles. The standard InChI is InChI=1S/C19H22FN3O2/c1-3-14-7-6-8-15(11-14)22-18(24)12-21-13(2)19(25)23-17-10-5-4-9-16(17)20/h4-11,13,21H,3,12H2,1-2H3,(H,22,24)(H,23,25). The van der Waals surface area contributed by atoms with Gasteiger partial charge in [-0.3, -0.25) is 14.9 Å². The molecule has 2 aromatic carbocycles. The predicted molar refractivity (Wildman–Crippen MR) is 96.9 cm³/mol. The Bertz CT molecular complexity index is 749. The van der Waals surface area contributed by atoms with Gasteiger partial charge in [0.05, 0.1) is 18.3 Å². The van der Waals surface area contributed by atoms with Crippen molar-refractivity contribution < 1.29 is 14.0 Å². The van der Waals surface area contributed by atoms with Crippen molar-refractivity contribution in [1.82, 2.24) is 5.32 Å².